The molecule has 0 aromatic heterocycles. The second-order valence-corrected chi connectivity index (χ2v) is 5.62. The van der Waals surface area contributed by atoms with Gasteiger partial charge in [0, 0.05) is 17.3 Å². The van der Waals surface area contributed by atoms with E-state index in [0.29, 0.717) is 12.2 Å². The molecule has 5 heteroatoms. The first-order valence-electron chi connectivity index (χ1n) is 3.70. The molecule has 1 rings (SSSR count). The van der Waals surface area contributed by atoms with Crippen LogP contribution >= 0.6 is 10.7 Å². The van der Waals surface area contributed by atoms with Crippen LogP contribution in [0.5, 0.6) is 0 Å². The molecule has 0 saturated carbocycles. The largest absolute Gasteiger partial charge is 0.374 e. The molecule has 0 aromatic rings. The fourth-order valence-electron chi connectivity index (χ4n) is 1.21. The van der Waals surface area contributed by atoms with E-state index in [0.717, 1.165) is 12.8 Å². The number of rotatable bonds is 3. The van der Waals surface area contributed by atoms with Crippen molar-refractivity contribution in [2.24, 2.45) is 0 Å². The van der Waals surface area contributed by atoms with Crippen molar-refractivity contribution in [3.8, 4) is 0 Å². The Bertz CT molecular complexity index is 264. The summed E-state index contributed by atoms with van der Waals surface area (Å²) < 4.78 is 26.5. The van der Waals surface area contributed by atoms with Crippen LogP contribution in [-0.4, -0.2) is 26.9 Å². The van der Waals surface area contributed by atoms with Crippen LogP contribution in [0.25, 0.3) is 0 Å². The van der Waals surface area contributed by atoms with Gasteiger partial charge < -0.3 is 4.74 Å². The number of hydrogen-bond donors (Lipinski definition) is 0. The van der Waals surface area contributed by atoms with Gasteiger partial charge in [-0.05, 0) is 18.4 Å². The van der Waals surface area contributed by atoms with E-state index in [4.69, 9.17) is 15.4 Å². The maximum absolute atomic E-state index is 10.6. The second kappa shape index (κ2) is 3.77. The minimum Gasteiger partial charge on any atom is -0.374 e. The van der Waals surface area contributed by atoms with Crippen molar-refractivity contribution in [3.05, 3.63) is 12.2 Å². The van der Waals surface area contributed by atoms with Crippen molar-refractivity contribution in [1.82, 2.24) is 0 Å². The fourth-order valence-corrected chi connectivity index (χ4v) is 2.26. The number of hydrogen-bond acceptors (Lipinski definition) is 3. The predicted octanol–water partition coefficient (Wildman–Crippen LogP) is 1.29. The lowest BCUT2D eigenvalue weighted by Crippen LogP contribution is -2.14. The van der Waals surface area contributed by atoms with E-state index in [1.54, 1.807) is 0 Å². The van der Waals surface area contributed by atoms with E-state index >= 15 is 0 Å². The molecule has 0 radical (unpaired) electrons. The Morgan fingerprint density at radius 2 is 2.33 bits per heavy atom. The number of ether oxygens (including phenoxy) is 1. The summed E-state index contributed by atoms with van der Waals surface area (Å²) in [5, 5.41) is 0. The van der Waals surface area contributed by atoms with Crippen LogP contribution in [0.1, 0.15) is 12.8 Å². The van der Waals surface area contributed by atoms with Gasteiger partial charge in [0.05, 0.1) is 11.9 Å². The van der Waals surface area contributed by atoms with Crippen molar-refractivity contribution >= 4 is 19.7 Å². The maximum atomic E-state index is 10.6. The van der Waals surface area contributed by atoms with E-state index in [-0.39, 0.29) is 11.9 Å². The van der Waals surface area contributed by atoms with Gasteiger partial charge in [-0.15, -0.1) is 0 Å². The van der Waals surface area contributed by atoms with Gasteiger partial charge in [-0.2, -0.15) is 0 Å². The van der Waals surface area contributed by atoms with Crippen LogP contribution in [0.4, 0.5) is 0 Å². The highest BCUT2D eigenvalue weighted by atomic mass is 35.7. The van der Waals surface area contributed by atoms with Crippen LogP contribution in [0.3, 0.4) is 0 Å². The molecular formula is C7H11ClO3S. The molecule has 0 aliphatic carbocycles. The third kappa shape index (κ3) is 3.13. The Balaban J connectivity index is 2.48. The summed E-state index contributed by atoms with van der Waals surface area (Å²) in [6.07, 6.45) is 1.70. The highest BCUT2D eigenvalue weighted by molar-refractivity contribution is 8.13. The van der Waals surface area contributed by atoms with Gasteiger partial charge in [0.1, 0.15) is 0 Å². The second-order valence-electron chi connectivity index (χ2n) is 2.84. The molecule has 1 atom stereocenters. The summed E-state index contributed by atoms with van der Waals surface area (Å²) >= 11 is 0. The van der Waals surface area contributed by atoms with Crippen LogP contribution in [-0.2, 0) is 13.8 Å². The third-order valence-electron chi connectivity index (χ3n) is 1.74. The highest BCUT2D eigenvalue weighted by Gasteiger charge is 2.21. The molecule has 12 heavy (non-hydrogen) atoms. The predicted molar refractivity (Wildman–Crippen MR) is 47.8 cm³/mol. The molecule has 3 nitrogen and oxygen atoms in total. The van der Waals surface area contributed by atoms with Gasteiger partial charge in [0.2, 0.25) is 9.05 Å². The Morgan fingerprint density at radius 3 is 2.75 bits per heavy atom. The quantitative estimate of drug-likeness (QED) is 0.521. The van der Waals surface area contributed by atoms with E-state index in [1.807, 2.05) is 0 Å². The molecule has 0 amide bonds. The van der Waals surface area contributed by atoms with Gasteiger partial charge in [0.25, 0.3) is 0 Å². The van der Waals surface area contributed by atoms with Crippen LogP contribution in [0.15, 0.2) is 12.2 Å². The number of halogens is 1. The molecule has 1 saturated heterocycles. The molecule has 0 spiro atoms. The molecule has 0 aromatic carbocycles. The molecule has 0 N–H and O–H groups in total. The summed E-state index contributed by atoms with van der Waals surface area (Å²) in [6, 6.07) is 0. The van der Waals surface area contributed by atoms with Crippen molar-refractivity contribution in [1.29, 1.82) is 0 Å². The molecule has 1 aliphatic heterocycles. The molecule has 70 valence electrons. The topological polar surface area (TPSA) is 43.4 Å². The smallest absolute Gasteiger partial charge is 0.236 e. The third-order valence-corrected chi connectivity index (χ3v) is 2.79. The van der Waals surface area contributed by atoms with Gasteiger partial charge in [0.15, 0.2) is 0 Å². The van der Waals surface area contributed by atoms with E-state index < -0.39 is 9.05 Å². The molecule has 1 aliphatic rings. The van der Waals surface area contributed by atoms with E-state index in [1.165, 1.54) is 0 Å². The summed E-state index contributed by atoms with van der Waals surface area (Å²) in [5.74, 6) is -0.181. The van der Waals surface area contributed by atoms with Crippen LogP contribution < -0.4 is 0 Å². The van der Waals surface area contributed by atoms with Crippen molar-refractivity contribution in [2.75, 3.05) is 12.4 Å². The first kappa shape index (κ1) is 10.0. The Hall–Kier alpha value is -0.0600. The Morgan fingerprint density at radius 1 is 1.67 bits per heavy atom. The zero-order valence-electron chi connectivity index (χ0n) is 6.62. The molecule has 0 bridgehead atoms. The highest BCUT2D eigenvalue weighted by Crippen LogP contribution is 2.20. The first-order chi connectivity index (χ1) is 5.49. The normalized spacial score (nSPS) is 24.2. The minimum atomic E-state index is -3.47. The first-order valence-corrected chi connectivity index (χ1v) is 6.18. The van der Waals surface area contributed by atoms with Crippen molar-refractivity contribution < 1.29 is 13.2 Å². The molecular weight excluding hydrogens is 200 g/mol. The fraction of sp³-hybridized carbons (Fsp3) is 0.714. The van der Waals surface area contributed by atoms with Crippen LogP contribution in [0.2, 0.25) is 0 Å². The maximum Gasteiger partial charge on any atom is 0.236 e. The molecule has 1 unspecified atom stereocenters. The van der Waals surface area contributed by atoms with Gasteiger partial charge in [-0.3, -0.25) is 0 Å². The monoisotopic (exact) mass is 210 g/mol. The zero-order valence-corrected chi connectivity index (χ0v) is 8.20. The molecule has 1 fully saturated rings. The van der Waals surface area contributed by atoms with Gasteiger partial charge >= 0.3 is 0 Å². The van der Waals surface area contributed by atoms with Crippen molar-refractivity contribution in [3.63, 3.8) is 0 Å². The van der Waals surface area contributed by atoms with E-state index in [2.05, 4.69) is 6.58 Å². The lowest BCUT2D eigenvalue weighted by Gasteiger charge is -2.10. The summed E-state index contributed by atoms with van der Waals surface area (Å²) in [7, 11) is 1.59. The molecule has 1 heterocycles. The Kier molecular flexibility index (Phi) is 3.15. The Labute approximate surface area is 76.8 Å². The zero-order chi connectivity index (χ0) is 9.19. The van der Waals surface area contributed by atoms with Crippen molar-refractivity contribution in [2.45, 2.75) is 18.9 Å². The summed E-state index contributed by atoms with van der Waals surface area (Å²) in [6.45, 7) is 4.32. The average Bonchev–Trinajstić information content (AvgIpc) is 2.32. The minimum absolute atomic E-state index is 0.112. The lowest BCUT2D eigenvalue weighted by atomic mass is 10.1. The van der Waals surface area contributed by atoms with Crippen LogP contribution in [0, 0.1) is 0 Å². The summed E-state index contributed by atoms with van der Waals surface area (Å²) in [5.41, 5.74) is 0.558. The lowest BCUT2D eigenvalue weighted by molar-refractivity contribution is 0.138. The average molecular weight is 211 g/mol. The van der Waals surface area contributed by atoms with E-state index in [9.17, 15) is 8.42 Å². The van der Waals surface area contributed by atoms with Gasteiger partial charge in [-0.25, -0.2) is 8.42 Å². The van der Waals surface area contributed by atoms with Gasteiger partial charge in [-0.1, -0.05) is 6.58 Å². The summed E-state index contributed by atoms with van der Waals surface area (Å²) in [4.78, 5) is 0. The SMILES string of the molecule is C=C(CS(=O)(=O)Cl)C1CCCO1. The standard InChI is InChI=1S/C7H11ClO3S/c1-6(5-12(8,9)10)7-3-2-4-11-7/h7H,1-5H2.